The highest BCUT2D eigenvalue weighted by molar-refractivity contribution is 9.10. The number of amides is 3. The summed E-state index contributed by atoms with van der Waals surface area (Å²) >= 11 is 3.39. The Morgan fingerprint density at radius 1 is 0.912 bits per heavy atom. The molecule has 6 rings (SSSR count). The van der Waals surface area contributed by atoms with Crippen LogP contribution in [0.5, 0.6) is 5.75 Å². The number of rotatable bonds is 3. The van der Waals surface area contributed by atoms with Gasteiger partial charge >= 0.3 is 0 Å². The number of para-hydroxylation sites is 1. The largest absolute Gasteiger partial charge is 0.508 e. The third-order valence-corrected chi connectivity index (χ3v) is 7.63. The number of hydrogen-bond donors (Lipinski definition) is 3. The first kappa shape index (κ1) is 21.1. The molecule has 7 nitrogen and oxygen atoms in total. The molecule has 0 bridgehead atoms. The van der Waals surface area contributed by atoms with Crippen LogP contribution in [0.4, 0.5) is 11.4 Å². The van der Waals surface area contributed by atoms with Crippen molar-refractivity contribution in [3.05, 3.63) is 88.4 Å². The molecule has 0 aromatic heterocycles. The molecule has 0 unspecified atom stereocenters. The minimum atomic E-state index is -1.33. The molecule has 170 valence electrons. The summed E-state index contributed by atoms with van der Waals surface area (Å²) in [5.74, 6) is -2.48. The molecule has 2 fully saturated rings. The Kier molecular flexibility index (Phi) is 4.65. The number of phenolic OH excluding ortho intramolecular Hbond substituents is 1. The number of imide groups is 1. The maximum Gasteiger partial charge on any atom is 0.250 e. The van der Waals surface area contributed by atoms with Crippen LogP contribution in [0.1, 0.15) is 11.1 Å². The van der Waals surface area contributed by atoms with Crippen LogP contribution in [-0.4, -0.2) is 28.9 Å². The van der Waals surface area contributed by atoms with E-state index in [9.17, 15) is 19.5 Å². The van der Waals surface area contributed by atoms with Crippen molar-refractivity contribution in [2.45, 2.75) is 18.0 Å². The number of benzene rings is 3. The van der Waals surface area contributed by atoms with Gasteiger partial charge in [0.15, 0.2) is 0 Å². The van der Waals surface area contributed by atoms with E-state index in [1.54, 1.807) is 54.6 Å². The molecule has 3 aliphatic rings. The fourth-order valence-corrected chi connectivity index (χ4v) is 5.93. The smallest absolute Gasteiger partial charge is 0.250 e. The van der Waals surface area contributed by atoms with Crippen molar-refractivity contribution in [2.75, 3.05) is 10.2 Å². The molecular formula is C26H20BrN3O4. The lowest BCUT2D eigenvalue weighted by molar-refractivity contribution is -0.130. The number of aromatic hydroxyl groups is 1. The quantitative estimate of drug-likeness (QED) is 0.463. The highest BCUT2D eigenvalue weighted by atomic mass is 79.9. The summed E-state index contributed by atoms with van der Waals surface area (Å²) in [6.45, 7) is 0. The highest BCUT2D eigenvalue weighted by Crippen LogP contribution is 2.53. The van der Waals surface area contributed by atoms with Crippen LogP contribution in [0.15, 0.2) is 77.3 Å². The van der Waals surface area contributed by atoms with E-state index < -0.39 is 23.4 Å². The summed E-state index contributed by atoms with van der Waals surface area (Å²) in [6, 6.07) is 20.6. The molecule has 34 heavy (non-hydrogen) atoms. The standard InChI is InChI=1S/C26H20BrN3O4/c27-15-7-9-16(10-8-15)30-23(32)21-20(13-14-5-11-17(31)12-6-14)29-26(22(21)24(30)33)18-3-1-2-4-19(18)28-25(26)34/h1-12,20-22,29,31H,13H2,(H,28,34)/t20-,21+,22-,26+/m0/s1. The van der Waals surface area contributed by atoms with Gasteiger partial charge in [-0.1, -0.05) is 46.3 Å². The minimum Gasteiger partial charge on any atom is -0.508 e. The van der Waals surface area contributed by atoms with Gasteiger partial charge in [-0.25, -0.2) is 4.90 Å². The van der Waals surface area contributed by atoms with Crippen molar-refractivity contribution in [1.29, 1.82) is 0 Å². The number of fused-ring (bicyclic) bond motifs is 4. The van der Waals surface area contributed by atoms with Gasteiger partial charge in [-0.3, -0.25) is 19.7 Å². The van der Waals surface area contributed by atoms with Gasteiger partial charge in [0.05, 0.1) is 17.5 Å². The lowest BCUT2D eigenvalue weighted by Gasteiger charge is -2.29. The van der Waals surface area contributed by atoms with E-state index >= 15 is 0 Å². The maximum absolute atomic E-state index is 13.9. The van der Waals surface area contributed by atoms with E-state index in [0.717, 1.165) is 10.0 Å². The number of phenols is 1. The molecule has 3 aromatic rings. The third kappa shape index (κ3) is 2.88. The van der Waals surface area contributed by atoms with Gasteiger partial charge in [-0.05, 0) is 54.4 Å². The van der Waals surface area contributed by atoms with Crippen LogP contribution in [0.3, 0.4) is 0 Å². The fourth-order valence-electron chi connectivity index (χ4n) is 5.66. The van der Waals surface area contributed by atoms with Crippen LogP contribution >= 0.6 is 15.9 Å². The molecule has 3 amide bonds. The second-order valence-corrected chi connectivity index (χ2v) is 9.84. The first-order valence-electron chi connectivity index (χ1n) is 11.0. The molecule has 4 atom stereocenters. The Morgan fingerprint density at radius 3 is 2.35 bits per heavy atom. The number of carbonyl (C=O) groups excluding carboxylic acids is 3. The number of hydrogen-bond acceptors (Lipinski definition) is 5. The van der Waals surface area contributed by atoms with Crippen LogP contribution in [0.2, 0.25) is 0 Å². The zero-order chi connectivity index (χ0) is 23.6. The zero-order valence-electron chi connectivity index (χ0n) is 17.9. The second kappa shape index (κ2) is 7.51. The summed E-state index contributed by atoms with van der Waals surface area (Å²) in [5.41, 5.74) is 1.37. The predicted octanol–water partition coefficient (Wildman–Crippen LogP) is 3.32. The summed E-state index contributed by atoms with van der Waals surface area (Å²) in [4.78, 5) is 42.4. The summed E-state index contributed by atoms with van der Waals surface area (Å²) < 4.78 is 0.836. The van der Waals surface area contributed by atoms with Gasteiger partial charge in [0.25, 0.3) is 0 Å². The maximum atomic E-state index is 13.9. The molecule has 0 aliphatic carbocycles. The van der Waals surface area contributed by atoms with E-state index in [2.05, 4.69) is 26.6 Å². The normalized spacial score (nSPS) is 27.3. The third-order valence-electron chi connectivity index (χ3n) is 7.10. The Labute approximate surface area is 203 Å². The van der Waals surface area contributed by atoms with Gasteiger partial charge < -0.3 is 10.4 Å². The van der Waals surface area contributed by atoms with Crippen molar-refractivity contribution in [1.82, 2.24) is 5.32 Å². The SMILES string of the molecule is O=C1[C@@H]2[C@H](Cc3ccc(O)cc3)N[C@@]3(C(=O)Nc4ccccc43)[C@@H]2C(=O)N1c1ccc(Br)cc1. The Morgan fingerprint density at radius 2 is 1.62 bits per heavy atom. The van der Waals surface area contributed by atoms with E-state index in [1.165, 1.54) is 4.90 Å². The van der Waals surface area contributed by atoms with E-state index in [4.69, 9.17) is 0 Å². The summed E-state index contributed by atoms with van der Waals surface area (Å²) in [5, 5.41) is 16.0. The predicted molar refractivity (Wildman–Crippen MR) is 129 cm³/mol. The van der Waals surface area contributed by atoms with Gasteiger partial charge in [0, 0.05) is 21.8 Å². The molecule has 3 heterocycles. The van der Waals surface area contributed by atoms with E-state index in [1.807, 2.05) is 18.2 Å². The van der Waals surface area contributed by atoms with Gasteiger partial charge in [-0.15, -0.1) is 0 Å². The van der Waals surface area contributed by atoms with Crippen molar-refractivity contribution < 1.29 is 19.5 Å². The number of nitrogens with one attached hydrogen (secondary N) is 2. The molecule has 3 aromatic carbocycles. The molecule has 2 saturated heterocycles. The van der Waals surface area contributed by atoms with Crippen LogP contribution in [-0.2, 0) is 26.3 Å². The lowest BCUT2D eigenvalue weighted by Crippen LogP contribution is -2.53. The number of nitrogens with zero attached hydrogens (tertiary/aromatic N) is 1. The monoisotopic (exact) mass is 517 g/mol. The van der Waals surface area contributed by atoms with Crippen molar-refractivity contribution >= 4 is 45.0 Å². The van der Waals surface area contributed by atoms with Gasteiger partial charge in [0.2, 0.25) is 17.7 Å². The first-order chi connectivity index (χ1) is 16.4. The molecule has 1 spiro atoms. The Hall–Kier alpha value is -3.49. The molecule has 0 radical (unpaired) electrons. The zero-order valence-corrected chi connectivity index (χ0v) is 19.5. The highest BCUT2D eigenvalue weighted by Gasteiger charge is 2.70. The second-order valence-electron chi connectivity index (χ2n) is 8.92. The minimum absolute atomic E-state index is 0.148. The van der Waals surface area contributed by atoms with E-state index in [-0.39, 0.29) is 23.5 Å². The first-order valence-corrected chi connectivity index (χ1v) is 11.8. The van der Waals surface area contributed by atoms with Crippen molar-refractivity contribution in [3.8, 4) is 5.75 Å². The molecule has 3 N–H and O–H groups in total. The number of carbonyl (C=O) groups is 3. The summed E-state index contributed by atoms with van der Waals surface area (Å²) in [7, 11) is 0. The molecular weight excluding hydrogens is 498 g/mol. The van der Waals surface area contributed by atoms with Crippen LogP contribution < -0.4 is 15.5 Å². The number of anilines is 2. The molecule has 3 aliphatic heterocycles. The average molecular weight is 518 g/mol. The van der Waals surface area contributed by atoms with Crippen LogP contribution in [0.25, 0.3) is 0 Å². The average Bonchev–Trinajstić information content (AvgIpc) is 3.41. The van der Waals surface area contributed by atoms with Crippen molar-refractivity contribution in [2.24, 2.45) is 11.8 Å². The van der Waals surface area contributed by atoms with Crippen molar-refractivity contribution in [3.63, 3.8) is 0 Å². The van der Waals surface area contributed by atoms with Gasteiger partial charge in [0.1, 0.15) is 11.3 Å². The van der Waals surface area contributed by atoms with Crippen LogP contribution in [0, 0.1) is 11.8 Å². The fraction of sp³-hybridized carbons (Fsp3) is 0.192. The van der Waals surface area contributed by atoms with Gasteiger partial charge in [-0.2, -0.15) is 0 Å². The molecule has 8 heteroatoms. The Bertz CT molecular complexity index is 1340. The Balaban J connectivity index is 1.48. The summed E-state index contributed by atoms with van der Waals surface area (Å²) in [6.07, 6.45) is 0.422. The molecule has 0 saturated carbocycles. The lowest BCUT2D eigenvalue weighted by atomic mass is 9.76. The van der Waals surface area contributed by atoms with E-state index in [0.29, 0.717) is 23.4 Å². The topological polar surface area (TPSA) is 98.7 Å². The number of halogens is 1.